The van der Waals surface area contributed by atoms with Gasteiger partial charge in [0.05, 0.1) is 0 Å². The second-order valence-corrected chi connectivity index (χ2v) is 5.33. The molecule has 0 saturated heterocycles. The van der Waals surface area contributed by atoms with Crippen molar-refractivity contribution in [2.75, 3.05) is 0 Å². The summed E-state index contributed by atoms with van der Waals surface area (Å²) in [6, 6.07) is 20.0. The Labute approximate surface area is 96.2 Å². The normalized spacial score (nSPS) is 7.23. The molecule has 0 radical (unpaired) electrons. The molecule has 3 heteroatoms. The Morgan fingerprint density at radius 1 is 0.692 bits per heavy atom. The molecule has 0 fully saturated rings. The minimum Gasteiger partial charge on any atom is -0.214 e. The summed E-state index contributed by atoms with van der Waals surface area (Å²) in [5.41, 5.74) is 0. The SMILES string of the molecule is [Cl][Nb][Cl].c1cc[cH-]c1.c1cc[cH-]c1. The van der Waals surface area contributed by atoms with E-state index in [2.05, 4.69) is 0 Å². The van der Waals surface area contributed by atoms with Gasteiger partial charge < -0.3 is 0 Å². The summed E-state index contributed by atoms with van der Waals surface area (Å²) in [6.45, 7) is 0. The molecule has 2 aromatic rings. The van der Waals surface area contributed by atoms with Crippen molar-refractivity contribution in [1.82, 2.24) is 0 Å². The summed E-state index contributed by atoms with van der Waals surface area (Å²) in [7, 11) is 9.83. The molecule has 0 spiro atoms. The van der Waals surface area contributed by atoms with Gasteiger partial charge in [-0.15, -0.1) is 0 Å². The van der Waals surface area contributed by atoms with Gasteiger partial charge in [-0.3, -0.25) is 0 Å². The van der Waals surface area contributed by atoms with E-state index in [9.17, 15) is 0 Å². The third-order valence-corrected chi connectivity index (χ3v) is 1.11. The summed E-state index contributed by atoms with van der Waals surface area (Å²) in [5.74, 6) is 0. The molecule has 0 atom stereocenters. The molecular weight excluding hydrogens is 284 g/mol. The smallest absolute Gasteiger partial charge is 0.172 e. The van der Waals surface area contributed by atoms with Crippen LogP contribution < -0.4 is 0 Å². The van der Waals surface area contributed by atoms with E-state index in [-0.39, 0.29) is 0 Å². The van der Waals surface area contributed by atoms with Gasteiger partial charge >= 0.3 is 36.0 Å². The number of hydrogen-bond donors (Lipinski definition) is 0. The van der Waals surface area contributed by atoms with E-state index in [4.69, 9.17) is 18.4 Å². The zero-order valence-electron chi connectivity index (χ0n) is 6.98. The van der Waals surface area contributed by atoms with Crippen LogP contribution in [-0.2, 0) is 17.6 Å². The second kappa shape index (κ2) is 12.0. The average molecular weight is 294 g/mol. The summed E-state index contributed by atoms with van der Waals surface area (Å²) in [4.78, 5) is 0. The molecule has 0 aliphatic heterocycles. The van der Waals surface area contributed by atoms with E-state index in [0.717, 1.165) is 0 Å². The molecule has 0 saturated carbocycles. The van der Waals surface area contributed by atoms with Gasteiger partial charge in [0.2, 0.25) is 0 Å². The topological polar surface area (TPSA) is 0 Å². The van der Waals surface area contributed by atoms with E-state index < -0.39 is 17.6 Å². The van der Waals surface area contributed by atoms with E-state index in [1.54, 1.807) is 0 Å². The Kier molecular flexibility index (Phi) is 12.0. The molecule has 2 rings (SSSR count). The van der Waals surface area contributed by atoms with Crippen LogP contribution in [0.5, 0.6) is 0 Å². The van der Waals surface area contributed by atoms with Crippen LogP contribution in [0.1, 0.15) is 0 Å². The molecule has 0 bridgehead atoms. The largest absolute Gasteiger partial charge is 0.214 e. The minimum absolute atomic E-state index is 0.706. The summed E-state index contributed by atoms with van der Waals surface area (Å²) in [6.07, 6.45) is 0. The zero-order chi connectivity index (χ0) is 9.78. The van der Waals surface area contributed by atoms with Crippen LogP contribution >= 0.6 is 18.4 Å². The fourth-order valence-electron chi connectivity index (χ4n) is 0.642. The molecule has 0 nitrogen and oxygen atoms in total. The first-order valence-electron chi connectivity index (χ1n) is 3.67. The van der Waals surface area contributed by atoms with Crippen molar-refractivity contribution in [3.63, 3.8) is 0 Å². The van der Waals surface area contributed by atoms with Crippen LogP contribution in [0.25, 0.3) is 0 Å². The van der Waals surface area contributed by atoms with Gasteiger partial charge in [0.15, 0.2) is 0 Å². The Bertz CT molecular complexity index is 165. The van der Waals surface area contributed by atoms with E-state index in [1.165, 1.54) is 0 Å². The third-order valence-electron chi connectivity index (χ3n) is 1.11. The number of rotatable bonds is 0. The fourth-order valence-corrected chi connectivity index (χ4v) is 0.642. The van der Waals surface area contributed by atoms with E-state index in [1.807, 2.05) is 60.7 Å². The predicted octanol–water partition coefficient (Wildman–Crippen LogP) is 4.19. The molecule has 0 amide bonds. The summed E-state index contributed by atoms with van der Waals surface area (Å²) < 4.78 is 0. The maximum absolute atomic E-state index is 4.91. The van der Waals surface area contributed by atoms with Gasteiger partial charge in [0.1, 0.15) is 0 Å². The van der Waals surface area contributed by atoms with Crippen molar-refractivity contribution in [2.45, 2.75) is 0 Å². The van der Waals surface area contributed by atoms with E-state index in [0.29, 0.717) is 0 Å². The Hall–Kier alpha value is 0.0203. The van der Waals surface area contributed by atoms with Crippen molar-refractivity contribution >= 4 is 18.4 Å². The quantitative estimate of drug-likeness (QED) is 0.505. The molecule has 0 heterocycles. The maximum atomic E-state index is 4.91. The van der Waals surface area contributed by atoms with Gasteiger partial charge in [0.25, 0.3) is 0 Å². The second-order valence-electron chi connectivity index (χ2n) is 1.99. The Balaban J connectivity index is 0.000000174. The van der Waals surface area contributed by atoms with Crippen LogP contribution in [0.2, 0.25) is 0 Å². The third kappa shape index (κ3) is 12.0. The van der Waals surface area contributed by atoms with Gasteiger partial charge in [-0.2, -0.15) is 36.4 Å². The first-order valence-corrected chi connectivity index (χ1v) is 9.33. The van der Waals surface area contributed by atoms with Crippen molar-refractivity contribution in [3.05, 3.63) is 60.7 Å². The first kappa shape index (κ1) is 13.0. The molecule has 0 N–H and O–H groups in total. The maximum Gasteiger partial charge on any atom is -0.172 e. The molecule has 0 unspecified atom stereocenters. The Morgan fingerprint density at radius 3 is 1.00 bits per heavy atom. The monoisotopic (exact) mass is 293 g/mol. The minimum atomic E-state index is -0.706. The zero-order valence-corrected chi connectivity index (χ0v) is 10.7. The van der Waals surface area contributed by atoms with Crippen LogP contribution in [0.3, 0.4) is 0 Å². The molecular formula is C10H10Cl2Nb-2. The molecule has 2 aromatic carbocycles. The van der Waals surface area contributed by atoms with Crippen LogP contribution in [0, 0.1) is 0 Å². The van der Waals surface area contributed by atoms with Crippen LogP contribution in [0.4, 0.5) is 0 Å². The summed E-state index contributed by atoms with van der Waals surface area (Å²) in [5, 5.41) is 0. The number of halogens is 2. The van der Waals surface area contributed by atoms with Crippen molar-refractivity contribution < 1.29 is 17.6 Å². The summed E-state index contributed by atoms with van der Waals surface area (Å²) >= 11 is -0.706. The first-order chi connectivity index (χ1) is 6.41. The van der Waals surface area contributed by atoms with Crippen LogP contribution in [-0.4, -0.2) is 0 Å². The molecule has 71 valence electrons. The van der Waals surface area contributed by atoms with E-state index >= 15 is 0 Å². The van der Waals surface area contributed by atoms with Gasteiger partial charge in [0, 0.05) is 0 Å². The van der Waals surface area contributed by atoms with Gasteiger partial charge in [-0.05, 0) is 0 Å². The molecule has 0 aromatic heterocycles. The van der Waals surface area contributed by atoms with Gasteiger partial charge in [-0.1, -0.05) is 0 Å². The Morgan fingerprint density at radius 2 is 0.923 bits per heavy atom. The predicted molar refractivity (Wildman–Crippen MR) is 55.8 cm³/mol. The fraction of sp³-hybridized carbons (Fsp3) is 0. The molecule has 0 aliphatic carbocycles. The van der Waals surface area contributed by atoms with Gasteiger partial charge in [-0.25, -0.2) is 24.3 Å². The molecule has 13 heavy (non-hydrogen) atoms. The van der Waals surface area contributed by atoms with Crippen LogP contribution in [0.15, 0.2) is 60.7 Å². The molecule has 0 aliphatic rings. The standard InChI is InChI=1S/2C5H5.2ClH.Nb/c2*1-2-4-5-3-1;;;/h2*1-5H;2*1H;/q2*-1;;;+2/p-2. The van der Waals surface area contributed by atoms with Crippen molar-refractivity contribution in [2.24, 2.45) is 0 Å². The van der Waals surface area contributed by atoms with Crippen molar-refractivity contribution in [3.8, 4) is 0 Å². The average Bonchev–Trinajstić information content (AvgIpc) is 2.85. The number of hydrogen-bond acceptors (Lipinski definition) is 0. The van der Waals surface area contributed by atoms with Crippen molar-refractivity contribution in [1.29, 1.82) is 0 Å².